The molecule has 2 heterocycles. The second-order valence-corrected chi connectivity index (χ2v) is 6.65. The molecule has 5 nitrogen and oxygen atoms in total. The van der Waals surface area contributed by atoms with Gasteiger partial charge in [0.25, 0.3) is 0 Å². The molecule has 1 aliphatic heterocycles. The second-order valence-electron chi connectivity index (χ2n) is 6.65. The molecule has 140 valence electrons. The van der Waals surface area contributed by atoms with Gasteiger partial charge in [0, 0.05) is 37.6 Å². The van der Waals surface area contributed by atoms with Gasteiger partial charge in [-0.1, -0.05) is 24.3 Å². The fourth-order valence-corrected chi connectivity index (χ4v) is 2.90. The number of aliphatic hydroxyl groups excluding tert-OH is 1. The molecule has 1 aromatic heterocycles. The van der Waals surface area contributed by atoms with Crippen molar-refractivity contribution in [2.75, 3.05) is 33.0 Å². The molecule has 1 atom stereocenters. The number of nitrogens with zero attached hydrogens (tertiary/aromatic N) is 1. The van der Waals surface area contributed by atoms with E-state index in [2.05, 4.69) is 40.6 Å². The van der Waals surface area contributed by atoms with E-state index in [1.54, 1.807) is 6.20 Å². The van der Waals surface area contributed by atoms with Crippen LogP contribution in [0.1, 0.15) is 24.8 Å². The average molecular weight is 356 g/mol. The first-order chi connectivity index (χ1) is 12.8. The van der Waals surface area contributed by atoms with Crippen LogP contribution in [0.2, 0.25) is 0 Å². The number of nitrogens with one attached hydrogen (secondary N) is 1. The van der Waals surface area contributed by atoms with Gasteiger partial charge in [-0.15, -0.1) is 0 Å². The summed E-state index contributed by atoms with van der Waals surface area (Å²) in [6.45, 7) is 3.33. The third kappa shape index (κ3) is 5.80. The first kappa shape index (κ1) is 18.8. The summed E-state index contributed by atoms with van der Waals surface area (Å²) in [4.78, 5) is 4.33. The van der Waals surface area contributed by atoms with Gasteiger partial charge in [0.05, 0.1) is 6.20 Å². The fraction of sp³-hybridized carbons (Fsp3) is 0.476. The van der Waals surface area contributed by atoms with Gasteiger partial charge in [0.15, 0.2) is 0 Å². The van der Waals surface area contributed by atoms with Gasteiger partial charge in [-0.25, -0.2) is 0 Å². The molecule has 0 aliphatic carbocycles. The number of aryl methyl sites for hydroxylation is 1. The van der Waals surface area contributed by atoms with Gasteiger partial charge in [-0.05, 0) is 49.4 Å². The summed E-state index contributed by atoms with van der Waals surface area (Å²) in [5.41, 5.74) is 3.52. The van der Waals surface area contributed by atoms with Gasteiger partial charge < -0.3 is 19.9 Å². The van der Waals surface area contributed by atoms with Crippen LogP contribution in [0.5, 0.6) is 5.75 Å². The highest BCUT2D eigenvalue weighted by molar-refractivity contribution is 5.64. The number of ether oxygens (including phenoxy) is 2. The molecule has 3 rings (SSSR count). The van der Waals surface area contributed by atoms with Crippen LogP contribution in [0, 0.1) is 0 Å². The van der Waals surface area contributed by atoms with Crippen LogP contribution in [-0.2, 0) is 11.2 Å². The number of aliphatic hydroxyl groups is 1. The molecule has 5 heteroatoms. The van der Waals surface area contributed by atoms with E-state index >= 15 is 0 Å². The van der Waals surface area contributed by atoms with Crippen molar-refractivity contribution in [1.82, 2.24) is 10.3 Å². The zero-order valence-electron chi connectivity index (χ0n) is 15.2. The maximum absolute atomic E-state index is 8.74. The third-order valence-corrected chi connectivity index (χ3v) is 4.55. The van der Waals surface area contributed by atoms with E-state index < -0.39 is 0 Å². The quantitative estimate of drug-likeness (QED) is 0.606. The van der Waals surface area contributed by atoms with Gasteiger partial charge in [0.1, 0.15) is 12.4 Å². The Morgan fingerprint density at radius 2 is 2.00 bits per heavy atom. The second kappa shape index (κ2) is 10.3. The molecule has 0 bridgehead atoms. The maximum Gasteiger partial charge on any atom is 0.138 e. The first-order valence-corrected chi connectivity index (χ1v) is 9.44. The molecule has 0 amide bonds. The zero-order chi connectivity index (χ0) is 18.0. The minimum Gasteiger partial charge on any atom is -0.490 e. The summed E-state index contributed by atoms with van der Waals surface area (Å²) in [5.74, 6) is 0.818. The van der Waals surface area contributed by atoms with Crippen LogP contribution < -0.4 is 10.1 Å². The Kier molecular flexibility index (Phi) is 7.43. The number of hydrogen-bond acceptors (Lipinski definition) is 5. The summed E-state index contributed by atoms with van der Waals surface area (Å²) < 4.78 is 11.3. The summed E-state index contributed by atoms with van der Waals surface area (Å²) in [6.07, 6.45) is 7.49. The lowest BCUT2D eigenvalue weighted by Crippen LogP contribution is -2.46. The van der Waals surface area contributed by atoms with Crippen LogP contribution in [0.3, 0.4) is 0 Å². The Bertz CT molecular complexity index is 674. The van der Waals surface area contributed by atoms with Gasteiger partial charge in [-0.2, -0.15) is 0 Å². The third-order valence-electron chi connectivity index (χ3n) is 4.55. The van der Waals surface area contributed by atoms with E-state index in [9.17, 15) is 0 Å². The highest BCUT2D eigenvalue weighted by atomic mass is 16.5. The molecule has 1 fully saturated rings. The van der Waals surface area contributed by atoms with Crippen LogP contribution in [0.25, 0.3) is 11.1 Å². The lowest BCUT2D eigenvalue weighted by atomic mass is 10.0. The van der Waals surface area contributed by atoms with Crippen molar-refractivity contribution in [2.24, 2.45) is 0 Å². The normalized spacial score (nSPS) is 16.3. The minimum absolute atomic E-state index is 0.191. The smallest absolute Gasteiger partial charge is 0.138 e. The molecular weight excluding hydrogens is 328 g/mol. The predicted molar refractivity (Wildman–Crippen MR) is 102 cm³/mol. The van der Waals surface area contributed by atoms with E-state index in [1.165, 1.54) is 12.0 Å². The molecular formula is C21H28N2O3. The van der Waals surface area contributed by atoms with E-state index in [4.69, 9.17) is 14.6 Å². The summed E-state index contributed by atoms with van der Waals surface area (Å²) in [5, 5.41) is 12.1. The Morgan fingerprint density at radius 1 is 1.12 bits per heavy atom. The van der Waals surface area contributed by atoms with Crippen LogP contribution in [-0.4, -0.2) is 49.1 Å². The molecule has 1 saturated heterocycles. The summed E-state index contributed by atoms with van der Waals surface area (Å²) >= 11 is 0. The molecule has 1 aliphatic rings. The van der Waals surface area contributed by atoms with Gasteiger partial charge in [-0.3, -0.25) is 4.98 Å². The number of rotatable bonds is 11. The standard InChI is InChI=1S/C21H28N2O3/c24-9-3-11-25-10-2-5-17-4-1-6-18(12-17)19-13-21(15-22-14-19)26-16-20-7-8-23-20/h1,4,6,12-15,20,23-24H,2-3,5,7-11,16H2/t20-/m0/s1. The van der Waals surface area contributed by atoms with E-state index in [0.717, 1.165) is 42.9 Å². The molecule has 2 N–H and O–H groups in total. The van der Waals surface area contributed by atoms with E-state index in [0.29, 0.717) is 25.7 Å². The van der Waals surface area contributed by atoms with Gasteiger partial charge in [0.2, 0.25) is 0 Å². The summed E-state index contributed by atoms with van der Waals surface area (Å²) in [7, 11) is 0. The van der Waals surface area contributed by atoms with Crippen LogP contribution in [0.4, 0.5) is 0 Å². The van der Waals surface area contributed by atoms with Crippen molar-refractivity contribution in [3.05, 3.63) is 48.3 Å². The monoisotopic (exact) mass is 356 g/mol. The molecule has 2 aromatic rings. The average Bonchev–Trinajstić information content (AvgIpc) is 2.64. The number of benzene rings is 1. The topological polar surface area (TPSA) is 63.6 Å². The minimum atomic E-state index is 0.191. The van der Waals surface area contributed by atoms with Crippen molar-refractivity contribution >= 4 is 0 Å². The molecule has 1 aromatic carbocycles. The van der Waals surface area contributed by atoms with Gasteiger partial charge >= 0.3 is 0 Å². The molecule has 0 radical (unpaired) electrons. The zero-order valence-corrected chi connectivity index (χ0v) is 15.2. The molecule has 26 heavy (non-hydrogen) atoms. The Labute approximate surface area is 155 Å². The lowest BCUT2D eigenvalue weighted by molar-refractivity contribution is 0.114. The van der Waals surface area contributed by atoms with E-state index in [1.807, 2.05) is 6.20 Å². The van der Waals surface area contributed by atoms with E-state index in [-0.39, 0.29) is 6.61 Å². The molecule has 0 saturated carbocycles. The Balaban J connectivity index is 1.53. The Morgan fingerprint density at radius 3 is 2.81 bits per heavy atom. The van der Waals surface area contributed by atoms with Crippen LogP contribution in [0.15, 0.2) is 42.7 Å². The predicted octanol–water partition coefficient (Wildman–Crippen LogP) is 2.82. The highest BCUT2D eigenvalue weighted by Gasteiger charge is 2.16. The van der Waals surface area contributed by atoms with Crippen molar-refractivity contribution in [1.29, 1.82) is 0 Å². The highest BCUT2D eigenvalue weighted by Crippen LogP contribution is 2.24. The largest absolute Gasteiger partial charge is 0.490 e. The maximum atomic E-state index is 8.74. The van der Waals surface area contributed by atoms with Crippen molar-refractivity contribution in [3.8, 4) is 16.9 Å². The number of pyridine rings is 1. The number of hydrogen-bond donors (Lipinski definition) is 2. The van der Waals surface area contributed by atoms with Crippen molar-refractivity contribution in [2.45, 2.75) is 31.7 Å². The van der Waals surface area contributed by atoms with Crippen LogP contribution >= 0.6 is 0 Å². The lowest BCUT2D eigenvalue weighted by Gasteiger charge is -2.27. The molecule has 0 spiro atoms. The summed E-state index contributed by atoms with van der Waals surface area (Å²) in [6, 6.07) is 11.1. The fourth-order valence-electron chi connectivity index (χ4n) is 2.90. The SMILES string of the molecule is OCCCOCCCc1cccc(-c2cncc(OC[C@@H]3CCN3)c2)c1. The van der Waals surface area contributed by atoms with Crippen molar-refractivity contribution in [3.63, 3.8) is 0 Å². The molecule has 0 unspecified atom stereocenters. The van der Waals surface area contributed by atoms with Crippen molar-refractivity contribution < 1.29 is 14.6 Å². The number of aromatic nitrogens is 1. The Hall–Kier alpha value is -1.95. The first-order valence-electron chi connectivity index (χ1n) is 9.44.